The van der Waals surface area contributed by atoms with Crippen LogP contribution in [0.3, 0.4) is 0 Å². The number of likely N-dealkylation sites (tertiary alicyclic amines) is 1. The van der Waals surface area contributed by atoms with E-state index in [1.807, 2.05) is 0 Å². The van der Waals surface area contributed by atoms with E-state index < -0.39 is 0 Å². The van der Waals surface area contributed by atoms with Crippen molar-refractivity contribution in [1.29, 1.82) is 0 Å². The zero-order valence-corrected chi connectivity index (χ0v) is 12.3. The smallest absolute Gasteiger partial charge is 0.315 e. The number of carbonyl (C=O) groups is 1. The Balaban J connectivity index is 1.62. The average molecular weight is 267 g/mol. The van der Waals surface area contributed by atoms with Crippen molar-refractivity contribution in [3.8, 4) is 0 Å². The summed E-state index contributed by atoms with van der Waals surface area (Å²) in [5.41, 5.74) is 0. The summed E-state index contributed by atoms with van der Waals surface area (Å²) in [6.45, 7) is 6.53. The monoisotopic (exact) mass is 267 g/mol. The highest BCUT2D eigenvalue weighted by molar-refractivity contribution is 5.74. The fourth-order valence-electron chi connectivity index (χ4n) is 3.33. The normalized spacial score (nSPS) is 26.1. The van der Waals surface area contributed by atoms with Crippen LogP contribution in [-0.2, 0) is 0 Å². The van der Waals surface area contributed by atoms with Crippen molar-refractivity contribution >= 4 is 6.03 Å². The standard InChI is InChI=1S/C15H29N3O/c1-2-18-10-6-7-13(12-18)11-16-15(19)17-14-8-4-3-5-9-14/h13-14H,2-12H2,1H3,(H2,16,17,19). The fourth-order valence-corrected chi connectivity index (χ4v) is 3.33. The molecule has 1 atom stereocenters. The van der Waals surface area contributed by atoms with Gasteiger partial charge in [0.15, 0.2) is 0 Å². The van der Waals surface area contributed by atoms with E-state index in [2.05, 4.69) is 22.5 Å². The predicted octanol–water partition coefficient (Wildman–Crippen LogP) is 2.35. The molecule has 1 saturated carbocycles. The summed E-state index contributed by atoms with van der Waals surface area (Å²) in [6.07, 6.45) is 8.68. The van der Waals surface area contributed by atoms with Gasteiger partial charge in [0.25, 0.3) is 0 Å². The molecular formula is C15H29N3O. The summed E-state index contributed by atoms with van der Waals surface area (Å²) in [4.78, 5) is 14.4. The molecule has 4 nitrogen and oxygen atoms in total. The van der Waals surface area contributed by atoms with Gasteiger partial charge < -0.3 is 15.5 Å². The first-order valence-corrected chi connectivity index (χ1v) is 8.04. The van der Waals surface area contributed by atoms with E-state index >= 15 is 0 Å². The van der Waals surface area contributed by atoms with Crippen molar-refractivity contribution in [2.45, 2.75) is 57.9 Å². The van der Waals surface area contributed by atoms with Gasteiger partial charge in [-0.25, -0.2) is 4.79 Å². The molecule has 0 aromatic heterocycles. The van der Waals surface area contributed by atoms with E-state index in [1.54, 1.807) is 0 Å². The lowest BCUT2D eigenvalue weighted by Gasteiger charge is -2.32. The van der Waals surface area contributed by atoms with Crippen LogP contribution < -0.4 is 10.6 Å². The number of rotatable bonds is 4. The zero-order valence-electron chi connectivity index (χ0n) is 12.3. The summed E-state index contributed by atoms with van der Waals surface area (Å²) in [5.74, 6) is 0.630. The van der Waals surface area contributed by atoms with E-state index in [0.717, 1.165) is 32.5 Å². The largest absolute Gasteiger partial charge is 0.338 e. The van der Waals surface area contributed by atoms with Crippen LogP contribution in [0.1, 0.15) is 51.9 Å². The molecule has 1 aliphatic carbocycles. The second kappa shape index (κ2) is 7.73. The summed E-state index contributed by atoms with van der Waals surface area (Å²) >= 11 is 0. The second-order valence-electron chi connectivity index (χ2n) is 6.09. The van der Waals surface area contributed by atoms with Crippen molar-refractivity contribution in [3.63, 3.8) is 0 Å². The number of urea groups is 1. The Morgan fingerprint density at radius 1 is 1.16 bits per heavy atom. The number of hydrogen-bond donors (Lipinski definition) is 2. The van der Waals surface area contributed by atoms with Gasteiger partial charge in [0.1, 0.15) is 0 Å². The maximum atomic E-state index is 11.9. The second-order valence-corrected chi connectivity index (χ2v) is 6.09. The molecule has 1 unspecified atom stereocenters. The molecule has 0 aromatic rings. The first-order valence-electron chi connectivity index (χ1n) is 8.04. The number of carbonyl (C=O) groups excluding carboxylic acids is 1. The third-order valence-corrected chi connectivity index (χ3v) is 4.54. The SMILES string of the molecule is CCN1CCCC(CNC(=O)NC2CCCCC2)C1. The van der Waals surface area contributed by atoms with E-state index in [-0.39, 0.29) is 6.03 Å². The molecule has 1 saturated heterocycles. The van der Waals surface area contributed by atoms with Crippen molar-refractivity contribution < 1.29 is 4.79 Å². The third kappa shape index (κ3) is 5.01. The minimum absolute atomic E-state index is 0.0421. The summed E-state index contributed by atoms with van der Waals surface area (Å²) in [5, 5.41) is 6.19. The van der Waals surface area contributed by atoms with E-state index in [0.29, 0.717) is 12.0 Å². The van der Waals surface area contributed by atoms with E-state index in [1.165, 1.54) is 38.6 Å². The Kier molecular flexibility index (Phi) is 5.95. The van der Waals surface area contributed by atoms with Crippen LogP contribution in [0, 0.1) is 5.92 Å². The van der Waals surface area contributed by atoms with Gasteiger partial charge in [-0.2, -0.15) is 0 Å². The van der Waals surface area contributed by atoms with Gasteiger partial charge in [-0.05, 0) is 44.7 Å². The van der Waals surface area contributed by atoms with Gasteiger partial charge in [0, 0.05) is 19.1 Å². The van der Waals surface area contributed by atoms with Crippen LogP contribution in [0.5, 0.6) is 0 Å². The molecule has 2 amide bonds. The van der Waals surface area contributed by atoms with Gasteiger partial charge in [0.05, 0.1) is 0 Å². The number of nitrogens with one attached hydrogen (secondary N) is 2. The van der Waals surface area contributed by atoms with Crippen LogP contribution in [-0.4, -0.2) is 43.2 Å². The van der Waals surface area contributed by atoms with Crippen LogP contribution in [0.4, 0.5) is 4.79 Å². The van der Waals surface area contributed by atoms with Gasteiger partial charge in [-0.15, -0.1) is 0 Å². The Labute approximate surface area is 117 Å². The summed E-state index contributed by atoms with van der Waals surface area (Å²) in [7, 11) is 0. The van der Waals surface area contributed by atoms with Crippen LogP contribution in [0.15, 0.2) is 0 Å². The molecule has 0 spiro atoms. The molecule has 1 aliphatic heterocycles. The lowest BCUT2D eigenvalue weighted by Crippen LogP contribution is -2.46. The van der Waals surface area contributed by atoms with Crippen molar-refractivity contribution in [2.75, 3.05) is 26.2 Å². The molecule has 0 aromatic carbocycles. The molecule has 0 radical (unpaired) electrons. The summed E-state index contributed by atoms with van der Waals surface area (Å²) in [6, 6.07) is 0.452. The molecule has 2 aliphatic rings. The van der Waals surface area contributed by atoms with E-state index in [9.17, 15) is 4.79 Å². The molecular weight excluding hydrogens is 238 g/mol. The molecule has 2 rings (SSSR count). The highest BCUT2D eigenvalue weighted by Gasteiger charge is 2.20. The van der Waals surface area contributed by atoms with Gasteiger partial charge in [-0.1, -0.05) is 26.2 Å². The van der Waals surface area contributed by atoms with Crippen LogP contribution in [0.25, 0.3) is 0 Å². The number of nitrogens with zero attached hydrogens (tertiary/aromatic N) is 1. The Morgan fingerprint density at radius 2 is 1.95 bits per heavy atom. The number of amides is 2. The fraction of sp³-hybridized carbons (Fsp3) is 0.933. The first kappa shape index (κ1) is 14.6. The maximum Gasteiger partial charge on any atom is 0.315 e. The minimum atomic E-state index is 0.0421. The lowest BCUT2D eigenvalue weighted by atomic mass is 9.95. The Bertz CT molecular complexity index is 277. The number of piperidine rings is 1. The first-order chi connectivity index (χ1) is 9.28. The highest BCUT2D eigenvalue weighted by atomic mass is 16.2. The zero-order chi connectivity index (χ0) is 13.5. The van der Waals surface area contributed by atoms with Crippen LogP contribution in [0.2, 0.25) is 0 Å². The molecule has 0 bridgehead atoms. The van der Waals surface area contributed by atoms with Gasteiger partial charge in [0.2, 0.25) is 0 Å². The minimum Gasteiger partial charge on any atom is -0.338 e. The maximum absolute atomic E-state index is 11.9. The van der Waals surface area contributed by atoms with Crippen molar-refractivity contribution in [2.24, 2.45) is 5.92 Å². The Hall–Kier alpha value is -0.770. The third-order valence-electron chi connectivity index (χ3n) is 4.54. The van der Waals surface area contributed by atoms with Gasteiger partial charge >= 0.3 is 6.03 Å². The molecule has 4 heteroatoms. The molecule has 1 heterocycles. The molecule has 110 valence electrons. The van der Waals surface area contributed by atoms with Gasteiger partial charge in [-0.3, -0.25) is 0 Å². The van der Waals surface area contributed by atoms with Crippen molar-refractivity contribution in [3.05, 3.63) is 0 Å². The van der Waals surface area contributed by atoms with Crippen molar-refractivity contribution in [1.82, 2.24) is 15.5 Å². The molecule has 2 fully saturated rings. The molecule has 2 N–H and O–H groups in total. The van der Waals surface area contributed by atoms with E-state index in [4.69, 9.17) is 0 Å². The average Bonchev–Trinajstić information content (AvgIpc) is 2.46. The quantitative estimate of drug-likeness (QED) is 0.821. The number of hydrogen-bond acceptors (Lipinski definition) is 2. The lowest BCUT2D eigenvalue weighted by molar-refractivity contribution is 0.178. The summed E-state index contributed by atoms with van der Waals surface area (Å²) < 4.78 is 0. The topological polar surface area (TPSA) is 44.4 Å². The van der Waals surface area contributed by atoms with Crippen LogP contribution >= 0.6 is 0 Å². The Morgan fingerprint density at radius 3 is 2.68 bits per heavy atom. The molecule has 19 heavy (non-hydrogen) atoms. The predicted molar refractivity (Wildman–Crippen MR) is 78.2 cm³/mol. The highest BCUT2D eigenvalue weighted by Crippen LogP contribution is 2.17.